The first-order chi connectivity index (χ1) is 17.8. The minimum atomic E-state index is -0.0778. The fraction of sp³-hybridized carbons (Fsp3) is 0.258. The van der Waals surface area contributed by atoms with Crippen LogP contribution in [0.25, 0.3) is 11.3 Å². The number of allylic oxidation sites excluding steroid dienone is 1. The fourth-order valence-electron chi connectivity index (χ4n) is 4.63. The van der Waals surface area contributed by atoms with E-state index >= 15 is 0 Å². The normalized spacial score (nSPS) is 14.0. The lowest BCUT2D eigenvalue weighted by Crippen LogP contribution is -2.41. The van der Waals surface area contributed by atoms with E-state index in [-0.39, 0.29) is 6.29 Å². The third kappa shape index (κ3) is 6.84. The molecule has 2 heterocycles. The van der Waals surface area contributed by atoms with Gasteiger partial charge in [0, 0.05) is 12.5 Å². The second-order valence-electron chi connectivity index (χ2n) is 8.97. The van der Waals surface area contributed by atoms with Crippen molar-refractivity contribution in [1.82, 2.24) is 9.55 Å². The first kappa shape index (κ1) is 25.7. The number of nitrogens with zero attached hydrogens (tertiary/aromatic N) is 2. The lowest BCUT2D eigenvalue weighted by atomic mass is 9.39. The van der Waals surface area contributed by atoms with E-state index in [1.807, 2.05) is 36.8 Å². The van der Waals surface area contributed by atoms with Gasteiger partial charge in [-0.05, 0) is 18.3 Å². The minimum absolute atomic E-state index is 0.0778. The molecule has 0 N–H and O–H groups in total. The van der Waals surface area contributed by atoms with Gasteiger partial charge in [0.1, 0.15) is 0 Å². The highest BCUT2D eigenvalue weighted by Gasteiger charge is 2.26. The molecule has 1 aliphatic heterocycles. The van der Waals surface area contributed by atoms with Crippen molar-refractivity contribution in [3.63, 3.8) is 0 Å². The monoisotopic (exact) mass is 478 g/mol. The van der Waals surface area contributed by atoms with E-state index < -0.39 is 0 Å². The highest BCUT2D eigenvalue weighted by Crippen LogP contribution is 2.24. The van der Waals surface area contributed by atoms with Gasteiger partial charge < -0.3 is 14.0 Å². The van der Waals surface area contributed by atoms with Gasteiger partial charge in [-0.3, -0.25) is 0 Å². The molecule has 3 aromatic carbocycles. The summed E-state index contributed by atoms with van der Waals surface area (Å²) >= 11 is 0. The summed E-state index contributed by atoms with van der Waals surface area (Å²) in [5.74, 6) is 0.356. The predicted molar refractivity (Wildman–Crippen MR) is 150 cm³/mol. The Morgan fingerprint density at radius 3 is 2.00 bits per heavy atom. The maximum Gasteiger partial charge on any atom is 0.213 e. The standard InChI is InChI=1S/C16H20N2O2.C15H15B/c1-2-13(16-19-8-9-20-16)11-18-12-17-10-15(18)14-6-4-3-5-7-14;1-2-13-16(14-9-5-3-6-10-14)15-11-7-4-8-12-15/h3-7,10,12-13,16H,2,8-9,11H2,1H3;2-12H,1,13H2. The molecule has 4 nitrogen and oxygen atoms in total. The van der Waals surface area contributed by atoms with Crippen LogP contribution >= 0.6 is 0 Å². The van der Waals surface area contributed by atoms with Gasteiger partial charge >= 0.3 is 0 Å². The third-order valence-electron chi connectivity index (χ3n) is 6.58. The van der Waals surface area contributed by atoms with Crippen molar-refractivity contribution >= 4 is 17.6 Å². The predicted octanol–water partition coefficient (Wildman–Crippen LogP) is 5.43. The topological polar surface area (TPSA) is 36.3 Å². The molecule has 5 rings (SSSR count). The molecular weight excluding hydrogens is 443 g/mol. The summed E-state index contributed by atoms with van der Waals surface area (Å²) in [6.07, 6.45) is 7.72. The molecule has 5 heteroatoms. The lowest BCUT2D eigenvalue weighted by Gasteiger charge is -2.22. The van der Waals surface area contributed by atoms with Crippen LogP contribution in [0.1, 0.15) is 13.3 Å². The maximum atomic E-state index is 5.64. The van der Waals surface area contributed by atoms with Crippen LogP contribution in [0.3, 0.4) is 0 Å². The summed E-state index contributed by atoms with van der Waals surface area (Å²) in [6, 6.07) is 31.5. The highest BCUT2D eigenvalue weighted by atomic mass is 16.7. The molecule has 184 valence electrons. The van der Waals surface area contributed by atoms with Gasteiger partial charge in [-0.1, -0.05) is 115 Å². The van der Waals surface area contributed by atoms with Crippen molar-refractivity contribution in [3.8, 4) is 11.3 Å². The summed E-state index contributed by atoms with van der Waals surface area (Å²) < 4.78 is 13.5. The van der Waals surface area contributed by atoms with E-state index in [2.05, 4.69) is 95.9 Å². The van der Waals surface area contributed by atoms with Gasteiger partial charge in [-0.25, -0.2) is 4.98 Å². The molecule has 0 saturated carbocycles. The van der Waals surface area contributed by atoms with Gasteiger partial charge in [-0.2, -0.15) is 0 Å². The Morgan fingerprint density at radius 1 is 0.917 bits per heavy atom. The molecule has 0 bridgehead atoms. The molecule has 0 aliphatic carbocycles. The molecule has 0 radical (unpaired) electrons. The fourth-order valence-corrected chi connectivity index (χ4v) is 4.63. The third-order valence-corrected chi connectivity index (χ3v) is 6.58. The van der Waals surface area contributed by atoms with E-state index in [4.69, 9.17) is 9.47 Å². The van der Waals surface area contributed by atoms with Crippen molar-refractivity contribution in [3.05, 3.63) is 116 Å². The Balaban J connectivity index is 0.000000174. The van der Waals surface area contributed by atoms with Crippen LogP contribution in [0.15, 0.2) is 116 Å². The number of benzene rings is 3. The Morgan fingerprint density at radius 2 is 1.47 bits per heavy atom. The summed E-state index contributed by atoms with van der Waals surface area (Å²) in [7, 11) is 0. The smallest absolute Gasteiger partial charge is 0.213 e. The van der Waals surface area contributed by atoms with E-state index in [0.29, 0.717) is 25.8 Å². The lowest BCUT2D eigenvalue weighted by molar-refractivity contribution is -0.0883. The van der Waals surface area contributed by atoms with E-state index in [1.165, 1.54) is 16.5 Å². The van der Waals surface area contributed by atoms with Crippen molar-refractivity contribution in [2.45, 2.75) is 32.5 Å². The quantitative estimate of drug-likeness (QED) is 0.238. The van der Waals surface area contributed by atoms with Gasteiger partial charge in [0.15, 0.2) is 6.29 Å². The highest BCUT2D eigenvalue weighted by molar-refractivity contribution is 6.85. The summed E-state index contributed by atoms with van der Waals surface area (Å²) in [4.78, 5) is 4.29. The molecule has 4 aromatic rings. The molecule has 1 unspecified atom stereocenters. The SMILES string of the molecule is C=CCB(c1ccccc1)c1ccccc1.CCC(Cn1cncc1-c1ccccc1)C1OCCO1. The zero-order valence-electron chi connectivity index (χ0n) is 21.1. The number of aromatic nitrogens is 2. The largest absolute Gasteiger partial charge is 0.350 e. The summed E-state index contributed by atoms with van der Waals surface area (Å²) in [5.41, 5.74) is 5.04. The van der Waals surface area contributed by atoms with E-state index in [1.54, 1.807) is 0 Å². The molecule has 1 saturated heterocycles. The first-order valence-electron chi connectivity index (χ1n) is 12.8. The van der Waals surface area contributed by atoms with Gasteiger partial charge in [0.05, 0.1) is 31.4 Å². The Labute approximate surface area is 215 Å². The van der Waals surface area contributed by atoms with Crippen LogP contribution in [0, 0.1) is 5.92 Å². The molecule has 0 spiro atoms. The van der Waals surface area contributed by atoms with Crippen LogP contribution < -0.4 is 10.9 Å². The molecule has 1 atom stereocenters. The number of hydrogen-bond acceptors (Lipinski definition) is 3. The molecule has 1 fully saturated rings. The van der Waals surface area contributed by atoms with Gasteiger partial charge in [0.2, 0.25) is 6.71 Å². The average molecular weight is 478 g/mol. The minimum Gasteiger partial charge on any atom is -0.350 e. The van der Waals surface area contributed by atoms with Crippen molar-refractivity contribution in [1.29, 1.82) is 0 Å². The van der Waals surface area contributed by atoms with E-state index in [9.17, 15) is 0 Å². The van der Waals surface area contributed by atoms with Crippen molar-refractivity contribution in [2.75, 3.05) is 13.2 Å². The molecule has 1 aliphatic rings. The Bertz CT molecular complexity index is 1120. The molecule has 1 aromatic heterocycles. The van der Waals surface area contributed by atoms with E-state index in [0.717, 1.165) is 25.0 Å². The molecule has 36 heavy (non-hydrogen) atoms. The second-order valence-corrected chi connectivity index (χ2v) is 8.97. The van der Waals surface area contributed by atoms with Gasteiger partial charge in [0.25, 0.3) is 0 Å². The maximum absolute atomic E-state index is 5.64. The number of ether oxygens (including phenoxy) is 2. The van der Waals surface area contributed by atoms with Crippen LogP contribution in [0.4, 0.5) is 0 Å². The Hall–Kier alpha value is -3.41. The van der Waals surface area contributed by atoms with Crippen LogP contribution in [-0.2, 0) is 16.0 Å². The zero-order chi connectivity index (χ0) is 25.0. The summed E-state index contributed by atoms with van der Waals surface area (Å²) in [5, 5.41) is 0. The number of imidazole rings is 1. The van der Waals surface area contributed by atoms with Crippen LogP contribution in [0.2, 0.25) is 6.32 Å². The number of hydrogen-bond donors (Lipinski definition) is 0. The van der Waals surface area contributed by atoms with Crippen LogP contribution in [-0.4, -0.2) is 35.8 Å². The van der Waals surface area contributed by atoms with Crippen molar-refractivity contribution < 1.29 is 9.47 Å². The average Bonchev–Trinajstić information content (AvgIpc) is 3.65. The number of rotatable bonds is 9. The molecule has 0 amide bonds. The summed E-state index contributed by atoms with van der Waals surface area (Å²) in [6.45, 7) is 8.73. The Kier molecular flexibility index (Phi) is 9.72. The van der Waals surface area contributed by atoms with Crippen molar-refractivity contribution in [2.24, 2.45) is 5.92 Å². The first-order valence-corrected chi connectivity index (χ1v) is 12.8. The van der Waals surface area contributed by atoms with Gasteiger partial charge in [-0.15, -0.1) is 6.58 Å². The zero-order valence-corrected chi connectivity index (χ0v) is 21.1. The second kappa shape index (κ2) is 13.6. The van der Waals surface area contributed by atoms with Crippen LogP contribution in [0.5, 0.6) is 0 Å². The molecular formula is C31H35BN2O2.